The summed E-state index contributed by atoms with van der Waals surface area (Å²) in [6.45, 7) is 6.12. The molecule has 1 N–H and O–H groups in total. The molecule has 8 nitrogen and oxygen atoms in total. The molecule has 226 valence electrons. The predicted octanol–water partition coefficient (Wildman–Crippen LogP) is 6.58. The van der Waals surface area contributed by atoms with Crippen LogP contribution in [0.5, 0.6) is 11.5 Å². The Bertz CT molecular complexity index is 1360. The molecule has 1 saturated heterocycles. The van der Waals surface area contributed by atoms with Crippen molar-refractivity contribution in [2.24, 2.45) is 0 Å². The Hall–Kier alpha value is -2.98. The van der Waals surface area contributed by atoms with Crippen LogP contribution >= 0.6 is 34.5 Å². The van der Waals surface area contributed by atoms with E-state index in [4.69, 9.17) is 32.7 Å². The Balaban J connectivity index is 1.51. The molecule has 3 aromatic rings. The van der Waals surface area contributed by atoms with E-state index in [1.807, 2.05) is 28.5 Å². The quantitative estimate of drug-likeness (QED) is 0.230. The number of urea groups is 1. The summed E-state index contributed by atoms with van der Waals surface area (Å²) in [6, 6.07) is 12.4. The summed E-state index contributed by atoms with van der Waals surface area (Å²) in [6.07, 6.45) is 2.93. The fourth-order valence-electron chi connectivity index (χ4n) is 4.89. The summed E-state index contributed by atoms with van der Waals surface area (Å²) in [5.41, 5.74) is 2.69. The van der Waals surface area contributed by atoms with Gasteiger partial charge in [0.1, 0.15) is 6.54 Å². The zero-order chi connectivity index (χ0) is 30.1. The SMILES string of the molecule is COc1ccc(CCN(Cc2sccc2C)C(=O)CN(CCN2CCCC2)C(=O)Nc2ccc(Cl)c(Cl)c2)cc1OC. The van der Waals surface area contributed by atoms with Crippen LogP contribution in [-0.2, 0) is 17.8 Å². The molecule has 1 aliphatic heterocycles. The maximum atomic E-state index is 13.9. The van der Waals surface area contributed by atoms with Crippen molar-refractivity contribution in [3.8, 4) is 11.5 Å². The summed E-state index contributed by atoms with van der Waals surface area (Å²) in [7, 11) is 3.21. The minimum absolute atomic E-state index is 0.0443. The smallest absolute Gasteiger partial charge is 0.322 e. The number of aryl methyl sites for hydroxylation is 1. The van der Waals surface area contributed by atoms with E-state index >= 15 is 0 Å². The van der Waals surface area contributed by atoms with Gasteiger partial charge < -0.3 is 29.5 Å². The van der Waals surface area contributed by atoms with Crippen LogP contribution in [0.4, 0.5) is 10.5 Å². The largest absolute Gasteiger partial charge is 0.493 e. The molecule has 1 aromatic heterocycles. The highest BCUT2D eigenvalue weighted by molar-refractivity contribution is 7.10. The molecule has 4 rings (SSSR count). The lowest BCUT2D eigenvalue weighted by atomic mass is 10.1. The van der Waals surface area contributed by atoms with Crippen molar-refractivity contribution in [1.82, 2.24) is 14.7 Å². The van der Waals surface area contributed by atoms with Crippen LogP contribution in [0.1, 0.15) is 28.8 Å². The van der Waals surface area contributed by atoms with E-state index in [0.29, 0.717) is 59.8 Å². The summed E-state index contributed by atoms with van der Waals surface area (Å²) in [5, 5.41) is 5.69. The molecular weight excluding hydrogens is 595 g/mol. The van der Waals surface area contributed by atoms with Crippen LogP contribution in [0.25, 0.3) is 0 Å². The molecule has 0 radical (unpaired) electrons. The number of carbonyl (C=O) groups excluding carboxylic acids is 2. The van der Waals surface area contributed by atoms with Crippen molar-refractivity contribution in [3.63, 3.8) is 0 Å². The van der Waals surface area contributed by atoms with Gasteiger partial charge in [-0.3, -0.25) is 4.79 Å². The number of benzene rings is 2. The lowest BCUT2D eigenvalue weighted by Crippen LogP contribution is -2.47. The lowest BCUT2D eigenvalue weighted by Gasteiger charge is -2.29. The van der Waals surface area contributed by atoms with Crippen molar-refractivity contribution in [2.45, 2.75) is 32.7 Å². The molecule has 0 bridgehead atoms. The molecule has 42 heavy (non-hydrogen) atoms. The Morgan fingerprint density at radius 2 is 1.71 bits per heavy atom. The van der Waals surface area contributed by atoms with Gasteiger partial charge in [0, 0.05) is 30.2 Å². The maximum absolute atomic E-state index is 13.9. The van der Waals surface area contributed by atoms with Crippen molar-refractivity contribution in [3.05, 3.63) is 73.9 Å². The Morgan fingerprint density at radius 3 is 2.38 bits per heavy atom. The maximum Gasteiger partial charge on any atom is 0.322 e. The monoisotopic (exact) mass is 632 g/mol. The molecule has 3 amide bonds. The zero-order valence-electron chi connectivity index (χ0n) is 24.3. The van der Waals surface area contributed by atoms with Gasteiger partial charge in [0.05, 0.1) is 30.8 Å². The second kappa shape index (κ2) is 15.5. The molecule has 0 saturated carbocycles. The number of hydrogen-bond acceptors (Lipinski definition) is 6. The minimum Gasteiger partial charge on any atom is -0.493 e. The first-order valence-corrected chi connectivity index (χ1v) is 15.7. The van der Waals surface area contributed by atoms with Crippen LogP contribution < -0.4 is 14.8 Å². The van der Waals surface area contributed by atoms with E-state index in [2.05, 4.69) is 23.2 Å². The highest BCUT2D eigenvalue weighted by atomic mass is 35.5. The minimum atomic E-state index is -0.354. The number of hydrogen-bond donors (Lipinski definition) is 1. The number of halogens is 2. The van der Waals surface area contributed by atoms with E-state index < -0.39 is 0 Å². The van der Waals surface area contributed by atoms with Gasteiger partial charge in [-0.25, -0.2) is 4.79 Å². The van der Waals surface area contributed by atoms with Crippen LogP contribution in [0.15, 0.2) is 47.8 Å². The molecule has 11 heteroatoms. The molecule has 1 aliphatic rings. The highest BCUT2D eigenvalue weighted by Gasteiger charge is 2.24. The number of rotatable bonds is 13. The lowest BCUT2D eigenvalue weighted by molar-refractivity contribution is -0.132. The third-order valence-electron chi connectivity index (χ3n) is 7.44. The van der Waals surface area contributed by atoms with Crippen molar-refractivity contribution in [2.75, 3.05) is 58.8 Å². The number of methoxy groups -OCH3 is 2. The number of nitrogens with zero attached hydrogens (tertiary/aromatic N) is 3. The van der Waals surface area contributed by atoms with Crippen LogP contribution in [0, 0.1) is 6.92 Å². The van der Waals surface area contributed by atoms with Crippen LogP contribution in [0.3, 0.4) is 0 Å². The van der Waals surface area contributed by atoms with Gasteiger partial charge in [0.2, 0.25) is 5.91 Å². The Morgan fingerprint density at radius 1 is 0.952 bits per heavy atom. The molecule has 0 unspecified atom stereocenters. The molecule has 1 fully saturated rings. The Kier molecular flexibility index (Phi) is 11.8. The van der Waals surface area contributed by atoms with Gasteiger partial charge in [-0.05, 0) is 92.2 Å². The van der Waals surface area contributed by atoms with Crippen molar-refractivity contribution < 1.29 is 19.1 Å². The van der Waals surface area contributed by atoms with E-state index in [0.717, 1.165) is 41.9 Å². The van der Waals surface area contributed by atoms with Crippen LogP contribution in [-0.4, -0.2) is 80.1 Å². The van der Waals surface area contributed by atoms with Gasteiger partial charge in [0.25, 0.3) is 0 Å². The second-order valence-corrected chi connectivity index (χ2v) is 12.1. The van der Waals surface area contributed by atoms with Gasteiger partial charge in [-0.2, -0.15) is 0 Å². The van der Waals surface area contributed by atoms with Crippen molar-refractivity contribution >= 4 is 52.2 Å². The summed E-state index contributed by atoms with van der Waals surface area (Å²) >= 11 is 13.9. The predicted molar refractivity (Wildman–Crippen MR) is 170 cm³/mol. The standard InChI is InChI=1S/C31H38Cl2N4O4S/c1-22-11-17-42-29(22)20-36(14-10-23-6-9-27(40-2)28(18-23)41-3)30(38)21-37(16-15-35-12-4-5-13-35)31(39)34-24-7-8-25(32)26(33)19-24/h6-9,11,17-19H,4-5,10,12-16,20-21H2,1-3H3,(H,34,39). The average Bonchev–Trinajstić information content (AvgIpc) is 3.66. The summed E-state index contributed by atoms with van der Waals surface area (Å²) < 4.78 is 10.8. The van der Waals surface area contributed by atoms with Gasteiger partial charge in [-0.15, -0.1) is 11.3 Å². The van der Waals surface area contributed by atoms with E-state index in [1.165, 1.54) is 0 Å². The first kappa shape index (κ1) is 31.9. The number of anilines is 1. The Labute approximate surface area is 262 Å². The van der Waals surface area contributed by atoms with Crippen molar-refractivity contribution in [1.29, 1.82) is 0 Å². The fraction of sp³-hybridized carbons (Fsp3) is 0.419. The topological polar surface area (TPSA) is 74.4 Å². The number of likely N-dealkylation sites (tertiary alicyclic amines) is 1. The number of carbonyl (C=O) groups is 2. The third kappa shape index (κ3) is 8.77. The number of thiophene rings is 1. The molecule has 2 heterocycles. The second-order valence-electron chi connectivity index (χ2n) is 10.3. The number of nitrogens with one attached hydrogen (secondary N) is 1. The van der Waals surface area contributed by atoms with E-state index in [-0.39, 0.29) is 18.5 Å². The van der Waals surface area contributed by atoms with Gasteiger partial charge >= 0.3 is 6.03 Å². The van der Waals surface area contributed by atoms with Gasteiger partial charge in [-0.1, -0.05) is 29.3 Å². The van der Waals surface area contributed by atoms with Crippen LogP contribution in [0.2, 0.25) is 10.0 Å². The first-order valence-electron chi connectivity index (χ1n) is 14.0. The molecule has 0 spiro atoms. The zero-order valence-corrected chi connectivity index (χ0v) is 26.7. The van der Waals surface area contributed by atoms with E-state index in [1.54, 1.807) is 48.7 Å². The molecule has 0 aliphatic carbocycles. The first-order chi connectivity index (χ1) is 20.3. The van der Waals surface area contributed by atoms with Gasteiger partial charge in [0.15, 0.2) is 11.5 Å². The highest BCUT2D eigenvalue weighted by Crippen LogP contribution is 2.28. The number of ether oxygens (including phenoxy) is 2. The normalized spacial score (nSPS) is 13.2. The van der Waals surface area contributed by atoms with E-state index in [9.17, 15) is 9.59 Å². The summed E-state index contributed by atoms with van der Waals surface area (Å²) in [4.78, 5) is 34.3. The fourth-order valence-corrected chi connectivity index (χ4v) is 6.11. The summed E-state index contributed by atoms with van der Waals surface area (Å²) in [5.74, 6) is 1.19. The molecular formula is C31H38Cl2N4O4S. The molecule has 2 aromatic carbocycles. The third-order valence-corrected chi connectivity index (χ3v) is 9.19. The molecule has 0 atom stereocenters. The average molecular weight is 634 g/mol. The number of amides is 3.